The van der Waals surface area contributed by atoms with Gasteiger partial charge in [0.1, 0.15) is 5.75 Å². The van der Waals surface area contributed by atoms with Gasteiger partial charge in [0.05, 0.1) is 16.3 Å². The van der Waals surface area contributed by atoms with Crippen molar-refractivity contribution in [3.05, 3.63) is 123 Å². The monoisotopic (exact) mass is 588 g/mol. The number of amidine groups is 1. The van der Waals surface area contributed by atoms with Gasteiger partial charge in [-0.05, 0) is 79.1 Å². The summed E-state index contributed by atoms with van der Waals surface area (Å²) in [5.41, 5.74) is 2.23. The van der Waals surface area contributed by atoms with Gasteiger partial charge in [-0.3, -0.25) is 0 Å². The summed E-state index contributed by atoms with van der Waals surface area (Å²) in [5, 5.41) is 10.5. The third-order valence-electron chi connectivity index (χ3n) is 5.84. The lowest BCUT2D eigenvalue weighted by Crippen LogP contribution is -2.30. The molecule has 0 unspecified atom stereocenters. The smallest absolute Gasteiger partial charge is 0.417 e. The van der Waals surface area contributed by atoms with Crippen molar-refractivity contribution >= 4 is 45.8 Å². The number of phenols is 1. The molecule has 0 radical (unpaired) electrons. The summed E-state index contributed by atoms with van der Waals surface area (Å²) in [5.74, 6) is 0.148. The fourth-order valence-corrected chi connectivity index (χ4v) is 5.22. The second-order valence-corrected chi connectivity index (χ2v) is 10.8. The van der Waals surface area contributed by atoms with Crippen molar-refractivity contribution in [2.45, 2.75) is 31.0 Å². The summed E-state index contributed by atoms with van der Waals surface area (Å²) in [6, 6.07) is 25.9. The highest BCUT2D eigenvalue weighted by molar-refractivity contribution is 8.13. The van der Waals surface area contributed by atoms with Gasteiger partial charge in [0.2, 0.25) is 0 Å². The third-order valence-corrected chi connectivity index (χ3v) is 7.45. The van der Waals surface area contributed by atoms with Crippen LogP contribution in [0.25, 0.3) is 0 Å². The molecule has 39 heavy (non-hydrogen) atoms. The Morgan fingerprint density at radius 3 is 2.26 bits per heavy atom. The van der Waals surface area contributed by atoms with Crippen molar-refractivity contribution in [3.63, 3.8) is 0 Å². The maximum Gasteiger partial charge on any atom is 0.417 e. The Labute approximate surface area is 239 Å². The lowest BCUT2D eigenvalue weighted by atomic mass is 10.1. The van der Waals surface area contributed by atoms with Gasteiger partial charge in [-0.2, -0.15) is 13.2 Å². The number of hydrogen-bond acceptors (Lipinski definition) is 3. The van der Waals surface area contributed by atoms with Crippen molar-refractivity contribution in [1.82, 2.24) is 4.90 Å². The number of thioether (sulfide) groups is 1. The van der Waals surface area contributed by atoms with E-state index in [0.29, 0.717) is 29.7 Å². The molecule has 0 bridgehead atoms. The van der Waals surface area contributed by atoms with E-state index in [9.17, 15) is 18.3 Å². The first-order chi connectivity index (χ1) is 18.6. The summed E-state index contributed by atoms with van der Waals surface area (Å²) >= 11 is 13.3. The number of phenolic OH excluding ortho intramolecular Hbond substituents is 1. The molecular weight excluding hydrogens is 564 g/mol. The minimum absolute atomic E-state index is 0.143. The van der Waals surface area contributed by atoms with Crippen molar-refractivity contribution < 1.29 is 18.3 Å². The van der Waals surface area contributed by atoms with Gasteiger partial charge in [0.15, 0.2) is 5.17 Å². The summed E-state index contributed by atoms with van der Waals surface area (Å²) in [4.78, 5) is 7.64. The highest BCUT2D eigenvalue weighted by Gasteiger charge is 2.33. The van der Waals surface area contributed by atoms with Crippen LogP contribution >= 0.6 is 35.0 Å². The molecule has 0 heterocycles. The molecule has 0 saturated carbocycles. The number of alkyl halides is 3. The van der Waals surface area contributed by atoms with Crippen LogP contribution in [0.4, 0.5) is 18.9 Å². The van der Waals surface area contributed by atoms with Gasteiger partial charge < -0.3 is 10.0 Å². The molecule has 4 aromatic carbocycles. The second-order valence-electron chi connectivity index (χ2n) is 8.94. The molecule has 202 valence electrons. The number of aromatic hydroxyl groups is 1. The van der Waals surface area contributed by atoms with E-state index in [-0.39, 0.29) is 16.5 Å². The Bertz CT molecular complexity index is 1440. The standard InChI is InChI=1S/C30H25Cl2F3N2OS/c1-20-3-2-4-26(17-20)39-29(36-24-11-14-28(32)27(18-24)30(33,34)35)37(19-22-7-12-25(38)13-8-22)16-15-21-5-9-23(31)10-6-21/h2-14,17-18,38H,15-16,19H2,1H3. The molecule has 0 aliphatic rings. The van der Waals surface area contributed by atoms with Crippen LogP contribution in [0.15, 0.2) is 101 Å². The summed E-state index contributed by atoms with van der Waals surface area (Å²) in [6.07, 6.45) is -3.95. The van der Waals surface area contributed by atoms with Crippen LogP contribution in [-0.4, -0.2) is 21.7 Å². The van der Waals surface area contributed by atoms with Gasteiger partial charge in [-0.15, -0.1) is 0 Å². The quantitative estimate of drug-likeness (QED) is 0.133. The molecule has 3 nitrogen and oxygen atoms in total. The molecule has 9 heteroatoms. The van der Waals surface area contributed by atoms with E-state index in [2.05, 4.69) is 0 Å². The highest BCUT2D eigenvalue weighted by atomic mass is 35.5. The van der Waals surface area contributed by atoms with Crippen molar-refractivity contribution in [3.8, 4) is 5.75 Å². The molecule has 0 spiro atoms. The topological polar surface area (TPSA) is 35.8 Å². The van der Waals surface area contributed by atoms with Crippen LogP contribution in [0.3, 0.4) is 0 Å². The highest BCUT2D eigenvalue weighted by Crippen LogP contribution is 2.37. The lowest BCUT2D eigenvalue weighted by Gasteiger charge is -2.26. The van der Waals surface area contributed by atoms with Crippen molar-refractivity contribution in [2.75, 3.05) is 6.54 Å². The van der Waals surface area contributed by atoms with Crippen molar-refractivity contribution in [2.24, 2.45) is 4.99 Å². The first-order valence-electron chi connectivity index (χ1n) is 12.0. The number of hydrogen-bond donors (Lipinski definition) is 1. The predicted molar refractivity (Wildman–Crippen MR) is 154 cm³/mol. The van der Waals surface area contributed by atoms with Gasteiger partial charge in [0.25, 0.3) is 0 Å². The molecule has 0 aliphatic carbocycles. The molecule has 4 rings (SSSR count). The van der Waals surface area contributed by atoms with Crippen LogP contribution in [0.2, 0.25) is 10.0 Å². The average Bonchev–Trinajstić information content (AvgIpc) is 2.89. The molecule has 0 amide bonds. The zero-order chi connectivity index (χ0) is 28.0. The van der Waals surface area contributed by atoms with E-state index in [1.807, 2.05) is 72.5 Å². The van der Waals surface area contributed by atoms with E-state index >= 15 is 0 Å². The zero-order valence-electron chi connectivity index (χ0n) is 20.9. The number of aryl methyl sites for hydroxylation is 1. The molecular formula is C30H25Cl2F3N2OS. The number of rotatable bonds is 7. The summed E-state index contributed by atoms with van der Waals surface area (Å²) in [6.45, 7) is 2.93. The number of halogens is 5. The molecule has 0 atom stereocenters. The van der Waals surface area contributed by atoms with E-state index in [1.54, 1.807) is 12.1 Å². The second kappa shape index (κ2) is 12.8. The van der Waals surface area contributed by atoms with Gasteiger partial charge >= 0.3 is 6.18 Å². The molecule has 0 fully saturated rings. The van der Waals surface area contributed by atoms with Gasteiger partial charge in [-0.25, -0.2) is 4.99 Å². The largest absolute Gasteiger partial charge is 0.508 e. The van der Waals surface area contributed by atoms with E-state index in [4.69, 9.17) is 28.2 Å². The molecule has 0 saturated heterocycles. The Balaban J connectivity index is 1.76. The molecule has 0 aliphatic heterocycles. The van der Waals surface area contributed by atoms with E-state index < -0.39 is 11.7 Å². The maximum atomic E-state index is 13.6. The first-order valence-corrected chi connectivity index (χ1v) is 13.6. The Kier molecular flexibility index (Phi) is 9.49. The Morgan fingerprint density at radius 2 is 1.59 bits per heavy atom. The van der Waals surface area contributed by atoms with Crippen LogP contribution in [0.1, 0.15) is 22.3 Å². The van der Waals surface area contributed by atoms with Crippen molar-refractivity contribution in [1.29, 1.82) is 0 Å². The number of nitrogens with zero attached hydrogens (tertiary/aromatic N) is 2. The van der Waals surface area contributed by atoms with E-state index in [1.165, 1.54) is 23.9 Å². The minimum Gasteiger partial charge on any atom is -0.508 e. The average molecular weight is 590 g/mol. The number of aliphatic imine (C=N–C) groups is 1. The SMILES string of the molecule is Cc1cccc(SC(=Nc2ccc(Cl)c(C(F)(F)F)c2)N(CCc2ccc(Cl)cc2)Cc2ccc(O)cc2)c1. The first kappa shape index (κ1) is 28.9. The fourth-order valence-electron chi connectivity index (χ4n) is 3.83. The summed E-state index contributed by atoms with van der Waals surface area (Å²) in [7, 11) is 0. The Hall–Kier alpha value is -3.13. The van der Waals surface area contributed by atoms with Crippen LogP contribution in [-0.2, 0) is 19.1 Å². The zero-order valence-corrected chi connectivity index (χ0v) is 23.2. The lowest BCUT2D eigenvalue weighted by molar-refractivity contribution is -0.137. The van der Waals surface area contributed by atoms with Crippen LogP contribution < -0.4 is 0 Å². The van der Waals surface area contributed by atoms with Crippen LogP contribution in [0, 0.1) is 6.92 Å². The van der Waals surface area contributed by atoms with Gasteiger partial charge in [-0.1, -0.05) is 76.9 Å². The minimum atomic E-state index is -4.60. The fraction of sp³-hybridized carbons (Fsp3) is 0.167. The normalized spacial score (nSPS) is 12.0. The number of benzene rings is 4. The Morgan fingerprint density at radius 1 is 0.897 bits per heavy atom. The van der Waals surface area contributed by atoms with Gasteiger partial charge in [0, 0.05) is 23.0 Å². The van der Waals surface area contributed by atoms with Crippen LogP contribution in [0.5, 0.6) is 5.75 Å². The molecule has 1 N–H and O–H groups in total. The van der Waals surface area contributed by atoms with E-state index in [0.717, 1.165) is 27.7 Å². The predicted octanol–water partition coefficient (Wildman–Crippen LogP) is 9.55. The maximum absolute atomic E-state index is 13.6. The summed E-state index contributed by atoms with van der Waals surface area (Å²) < 4.78 is 40.8. The molecule has 4 aromatic rings. The molecule has 0 aromatic heterocycles. The third kappa shape index (κ3) is 8.43.